The van der Waals surface area contributed by atoms with Gasteiger partial charge in [0.25, 0.3) is 5.56 Å². The topological polar surface area (TPSA) is 79.0 Å². The summed E-state index contributed by atoms with van der Waals surface area (Å²) in [5.41, 5.74) is 0.100. The van der Waals surface area contributed by atoms with Crippen LogP contribution in [-0.4, -0.2) is 25.7 Å². The van der Waals surface area contributed by atoms with Crippen molar-refractivity contribution in [2.75, 3.05) is 6.61 Å². The van der Waals surface area contributed by atoms with Crippen molar-refractivity contribution in [2.24, 2.45) is 7.05 Å². The highest BCUT2D eigenvalue weighted by atomic mass is 16.5. The third-order valence-electron chi connectivity index (χ3n) is 3.70. The van der Waals surface area contributed by atoms with Crippen LogP contribution in [0.5, 0.6) is 5.75 Å². The van der Waals surface area contributed by atoms with Crippen LogP contribution in [0.4, 0.5) is 0 Å². The van der Waals surface area contributed by atoms with Gasteiger partial charge in [0, 0.05) is 19.4 Å². The van der Waals surface area contributed by atoms with Gasteiger partial charge in [0.2, 0.25) is 0 Å². The number of hydrogen-bond acceptors (Lipinski definition) is 5. The molecule has 0 N–H and O–H groups in total. The molecule has 7 nitrogen and oxygen atoms in total. The summed E-state index contributed by atoms with van der Waals surface area (Å²) < 4.78 is 8.18. The fourth-order valence-corrected chi connectivity index (χ4v) is 2.51. The number of aryl methyl sites for hydroxylation is 1. The highest BCUT2D eigenvalue weighted by Gasteiger charge is 2.16. The van der Waals surface area contributed by atoms with Crippen LogP contribution in [0.3, 0.4) is 0 Å². The van der Waals surface area contributed by atoms with E-state index in [1.54, 1.807) is 31.4 Å². The van der Waals surface area contributed by atoms with Gasteiger partial charge in [-0.05, 0) is 24.6 Å². The lowest BCUT2D eigenvalue weighted by atomic mass is 10.3. The Balaban J connectivity index is 2.23. The van der Waals surface area contributed by atoms with Crippen LogP contribution in [0.2, 0.25) is 0 Å². The van der Waals surface area contributed by atoms with Crippen molar-refractivity contribution in [3.63, 3.8) is 0 Å². The van der Waals surface area contributed by atoms with E-state index in [0.29, 0.717) is 29.1 Å². The molecule has 0 radical (unpaired) electrons. The van der Waals surface area contributed by atoms with Crippen molar-refractivity contribution in [3.05, 3.63) is 63.2 Å². The summed E-state index contributed by atoms with van der Waals surface area (Å²) in [7, 11) is 1.59. The van der Waals surface area contributed by atoms with Crippen LogP contribution >= 0.6 is 0 Å². The Morgan fingerprint density at radius 3 is 2.67 bits per heavy atom. The van der Waals surface area contributed by atoms with Crippen LogP contribution in [0, 0.1) is 0 Å². The molecule has 124 valence electrons. The van der Waals surface area contributed by atoms with Crippen LogP contribution < -0.4 is 16.0 Å². The maximum absolute atomic E-state index is 12.9. The number of pyridine rings is 2. The van der Waals surface area contributed by atoms with Gasteiger partial charge in [0.05, 0.1) is 18.8 Å². The van der Waals surface area contributed by atoms with E-state index in [9.17, 15) is 9.59 Å². The highest BCUT2D eigenvalue weighted by Crippen LogP contribution is 2.19. The monoisotopic (exact) mass is 326 g/mol. The molecule has 0 amide bonds. The zero-order valence-electron chi connectivity index (χ0n) is 13.6. The summed E-state index contributed by atoms with van der Waals surface area (Å²) in [5.74, 6) is 0.442. The smallest absolute Gasteiger partial charge is 0.332 e. The summed E-state index contributed by atoms with van der Waals surface area (Å²) in [6, 6.07) is 7.02. The number of rotatable bonds is 5. The van der Waals surface area contributed by atoms with Crippen molar-refractivity contribution in [2.45, 2.75) is 19.9 Å². The molecule has 0 aliphatic carbocycles. The fourth-order valence-electron chi connectivity index (χ4n) is 2.51. The van der Waals surface area contributed by atoms with Crippen LogP contribution in [-0.2, 0) is 13.6 Å². The van der Waals surface area contributed by atoms with E-state index in [2.05, 4.69) is 9.97 Å². The lowest BCUT2D eigenvalue weighted by Gasteiger charge is -2.12. The van der Waals surface area contributed by atoms with Crippen molar-refractivity contribution < 1.29 is 4.74 Å². The van der Waals surface area contributed by atoms with E-state index in [1.165, 1.54) is 10.8 Å². The van der Waals surface area contributed by atoms with Gasteiger partial charge >= 0.3 is 5.69 Å². The zero-order valence-corrected chi connectivity index (χ0v) is 13.6. The van der Waals surface area contributed by atoms with Crippen LogP contribution in [0.25, 0.3) is 11.0 Å². The Kier molecular flexibility index (Phi) is 4.41. The quantitative estimate of drug-likeness (QED) is 0.707. The summed E-state index contributed by atoms with van der Waals surface area (Å²) in [5, 5.41) is 0.309. The minimum atomic E-state index is -0.432. The van der Waals surface area contributed by atoms with Crippen molar-refractivity contribution >= 4 is 11.0 Å². The molecule has 0 aromatic carbocycles. The minimum Gasteiger partial charge on any atom is -0.493 e. The van der Waals surface area contributed by atoms with E-state index < -0.39 is 11.2 Å². The largest absolute Gasteiger partial charge is 0.493 e. The number of nitrogens with zero attached hydrogens (tertiary/aromatic N) is 4. The van der Waals surface area contributed by atoms with Gasteiger partial charge < -0.3 is 4.74 Å². The maximum Gasteiger partial charge on any atom is 0.332 e. The van der Waals surface area contributed by atoms with E-state index in [0.717, 1.165) is 11.0 Å². The van der Waals surface area contributed by atoms with Crippen molar-refractivity contribution in [3.8, 4) is 5.75 Å². The molecule has 0 aliphatic heterocycles. The Hall–Kier alpha value is -2.96. The lowest BCUT2D eigenvalue weighted by molar-refractivity contribution is 0.320. The molecule has 0 bridgehead atoms. The van der Waals surface area contributed by atoms with E-state index in [4.69, 9.17) is 4.74 Å². The predicted molar refractivity (Wildman–Crippen MR) is 90.4 cm³/mol. The molecule has 3 aromatic rings. The third kappa shape index (κ3) is 2.80. The zero-order chi connectivity index (χ0) is 17.1. The molecule has 3 rings (SSSR count). The molecule has 0 aliphatic rings. The summed E-state index contributed by atoms with van der Waals surface area (Å²) in [4.78, 5) is 33.8. The first kappa shape index (κ1) is 15.9. The van der Waals surface area contributed by atoms with Gasteiger partial charge in [-0.2, -0.15) is 0 Å². The standard InChI is InChI=1S/C17H18N4O3/c1-3-10-24-13-7-9-19-15-14(13)16(22)21(17(23)20(15)2)11-12-6-4-5-8-18-12/h4-9H,3,10-11H2,1-2H3. The number of fused-ring (bicyclic) bond motifs is 1. The molecular weight excluding hydrogens is 308 g/mol. The van der Waals surface area contributed by atoms with Crippen molar-refractivity contribution in [1.82, 2.24) is 19.1 Å². The van der Waals surface area contributed by atoms with Gasteiger partial charge in [-0.25, -0.2) is 9.78 Å². The molecule has 0 fully saturated rings. The maximum atomic E-state index is 12.9. The van der Waals surface area contributed by atoms with Crippen molar-refractivity contribution in [1.29, 1.82) is 0 Å². The summed E-state index contributed by atoms with van der Waals surface area (Å²) in [6.07, 6.45) is 3.98. The summed E-state index contributed by atoms with van der Waals surface area (Å²) in [6.45, 7) is 2.57. The Morgan fingerprint density at radius 2 is 1.96 bits per heavy atom. The molecule has 7 heteroatoms. The molecule has 0 saturated heterocycles. The first-order chi connectivity index (χ1) is 11.6. The van der Waals surface area contributed by atoms with E-state index in [1.807, 2.05) is 13.0 Å². The first-order valence-electron chi connectivity index (χ1n) is 7.74. The summed E-state index contributed by atoms with van der Waals surface area (Å²) >= 11 is 0. The first-order valence-corrected chi connectivity index (χ1v) is 7.74. The van der Waals surface area contributed by atoms with E-state index >= 15 is 0 Å². The van der Waals surface area contributed by atoms with Gasteiger partial charge in [-0.1, -0.05) is 13.0 Å². The second-order valence-corrected chi connectivity index (χ2v) is 5.41. The van der Waals surface area contributed by atoms with Gasteiger partial charge in [0.1, 0.15) is 11.1 Å². The molecular formula is C17H18N4O3. The molecule has 0 saturated carbocycles. The number of hydrogen-bond donors (Lipinski definition) is 0. The number of ether oxygens (including phenoxy) is 1. The van der Waals surface area contributed by atoms with Gasteiger partial charge in [0.15, 0.2) is 5.65 Å². The molecule has 0 atom stereocenters. The molecule has 3 aromatic heterocycles. The molecule has 3 heterocycles. The Bertz CT molecular complexity index is 977. The Labute approximate surface area is 138 Å². The SMILES string of the molecule is CCCOc1ccnc2c1c(=O)n(Cc1ccccn1)c(=O)n2C. The Morgan fingerprint density at radius 1 is 1.12 bits per heavy atom. The lowest BCUT2D eigenvalue weighted by Crippen LogP contribution is -2.40. The minimum absolute atomic E-state index is 0.102. The molecule has 0 spiro atoms. The highest BCUT2D eigenvalue weighted by molar-refractivity contribution is 5.81. The molecule has 24 heavy (non-hydrogen) atoms. The van der Waals surface area contributed by atoms with Crippen LogP contribution in [0.1, 0.15) is 19.0 Å². The third-order valence-corrected chi connectivity index (χ3v) is 3.70. The number of aromatic nitrogens is 4. The average molecular weight is 326 g/mol. The second kappa shape index (κ2) is 6.66. The van der Waals surface area contributed by atoms with Crippen LogP contribution in [0.15, 0.2) is 46.2 Å². The normalized spacial score (nSPS) is 10.9. The van der Waals surface area contributed by atoms with Gasteiger partial charge in [-0.15, -0.1) is 0 Å². The molecule has 0 unspecified atom stereocenters. The van der Waals surface area contributed by atoms with Gasteiger partial charge in [-0.3, -0.25) is 18.9 Å². The average Bonchev–Trinajstić information content (AvgIpc) is 2.62. The predicted octanol–water partition coefficient (Wildman–Crippen LogP) is 1.33. The second-order valence-electron chi connectivity index (χ2n) is 5.41. The van der Waals surface area contributed by atoms with E-state index in [-0.39, 0.29) is 6.54 Å². The fraction of sp³-hybridized carbons (Fsp3) is 0.294.